The van der Waals surface area contributed by atoms with Gasteiger partial charge in [0, 0.05) is 18.1 Å². The van der Waals surface area contributed by atoms with Crippen molar-refractivity contribution < 1.29 is 9.53 Å². The number of rotatable bonds is 7. The summed E-state index contributed by atoms with van der Waals surface area (Å²) in [6.07, 6.45) is 3.30. The SMILES string of the molecule is Cc1cc(OC(C)C(=O)NCc2ccccc2CN2CCCCC2)cc(C)c1Cl. The van der Waals surface area contributed by atoms with Crippen LogP contribution < -0.4 is 10.1 Å². The number of amides is 1. The number of carbonyl (C=O) groups is 1. The first-order valence-electron chi connectivity index (χ1n) is 10.4. The summed E-state index contributed by atoms with van der Waals surface area (Å²) in [4.78, 5) is 15.1. The van der Waals surface area contributed by atoms with Crippen molar-refractivity contribution in [2.75, 3.05) is 13.1 Å². The first-order chi connectivity index (χ1) is 13.9. The second-order valence-electron chi connectivity index (χ2n) is 7.95. The quantitative estimate of drug-likeness (QED) is 0.691. The predicted molar refractivity (Wildman–Crippen MR) is 118 cm³/mol. The lowest BCUT2D eigenvalue weighted by Crippen LogP contribution is -2.36. The average Bonchev–Trinajstić information content (AvgIpc) is 2.71. The highest BCUT2D eigenvalue weighted by atomic mass is 35.5. The van der Waals surface area contributed by atoms with E-state index in [1.807, 2.05) is 32.0 Å². The van der Waals surface area contributed by atoms with Crippen LogP contribution in [0, 0.1) is 13.8 Å². The zero-order chi connectivity index (χ0) is 20.8. The Kier molecular flexibility index (Phi) is 7.57. The molecule has 0 spiro atoms. The maximum atomic E-state index is 12.6. The number of aryl methyl sites for hydroxylation is 2. The molecule has 1 amide bonds. The Bertz CT molecular complexity index is 824. The highest BCUT2D eigenvalue weighted by Crippen LogP contribution is 2.26. The number of likely N-dealkylation sites (tertiary alicyclic amines) is 1. The fourth-order valence-corrected chi connectivity index (χ4v) is 3.91. The fourth-order valence-electron chi connectivity index (χ4n) is 3.80. The molecule has 1 heterocycles. The Morgan fingerprint density at radius 2 is 1.72 bits per heavy atom. The second kappa shape index (κ2) is 10.1. The number of halogens is 1. The number of ether oxygens (including phenoxy) is 1. The molecule has 29 heavy (non-hydrogen) atoms. The van der Waals surface area contributed by atoms with Gasteiger partial charge in [-0.15, -0.1) is 0 Å². The topological polar surface area (TPSA) is 41.6 Å². The fraction of sp³-hybridized carbons (Fsp3) is 0.458. The highest BCUT2D eigenvalue weighted by molar-refractivity contribution is 6.32. The van der Waals surface area contributed by atoms with E-state index >= 15 is 0 Å². The molecule has 1 N–H and O–H groups in total. The third-order valence-electron chi connectivity index (χ3n) is 5.51. The molecule has 3 rings (SSSR count). The summed E-state index contributed by atoms with van der Waals surface area (Å²) in [5.41, 5.74) is 4.34. The van der Waals surface area contributed by atoms with Crippen LogP contribution >= 0.6 is 11.6 Å². The molecule has 4 nitrogen and oxygen atoms in total. The molecule has 2 aromatic carbocycles. The molecule has 0 bridgehead atoms. The van der Waals surface area contributed by atoms with Gasteiger partial charge in [-0.1, -0.05) is 42.3 Å². The third kappa shape index (κ3) is 5.97. The number of hydrogen-bond acceptors (Lipinski definition) is 3. The molecular weight excluding hydrogens is 384 g/mol. The van der Waals surface area contributed by atoms with Gasteiger partial charge in [0.05, 0.1) is 0 Å². The van der Waals surface area contributed by atoms with Gasteiger partial charge in [-0.2, -0.15) is 0 Å². The molecule has 5 heteroatoms. The summed E-state index contributed by atoms with van der Waals surface area (Å²) >= 11 is 6.21. The van der Waals surface area contributed by atoms with E-state index < -0.39 is 6.10 Å². The summed E-state index contributed by atoms with van der Waals surface area (Å²) < 4.78 is 5.85. The largest absolute Gasteiger partial charge is 0.481 e. The Morgan fingerprint density at radius 3 is 2.38 bits per heavy atom. The monoisotopic (exact) mass is 414 g/mol. The number of nitrogens with one attached hydrogen (secondary N) is 1. The Labute approximate surface area is 179 Å². The number of benzene rings is 2. The lowest BCUT2D eigenvalue weighted by Gasteiger charge is -2.27. The maximum absolute atomic E-state index is 12.6. The summed E-state index contributed by atoms with van der Waals surface area (Å²) in [7, 11) is 0. The highest BCUT2D eigenvalue weighted by Gasteiger charge is 2.17. The van der Waals surface area contributed by atoms with Crippen LogP contribution in [-0.2, 0) is 17.9 Å². The van der Waals surface area contributed by atoms with E-state index in [1.165, 1.54) is 24.8 Å². The summed E-state index contributed by atoms with van der Waals surface area (Å²) in [6, 6.07) is 12.1. The molecule has 1 aliphatic rings. The lowest BCUT2D eigenvalue weighted by molar-refractivity contribution is -0.127. The number of piperidine rings is 1. The molecular formula is C24H31ClN2O2. The van der Waals surface area contributed by atoms with Crippen molar-refractivity contribution >= 4 is 17.5 Å². The second-order valence-corrected chi connectivity index (χ2v) is 8.33. The maximum Gasteiger partial charge on any atom is 0.261 e. The van der Waals surface area contributed by atoms with Crippen LogP contribution in [0.3, 0.4) is 0 Å². The van der Waals surface area contributed by atoms with Crippen molar-refractivity contribution in [3.63, 3.8) is 0 Å². The van der Waals surface area contributed by atoms with E-state index in [4.69, 9.17) is 16.3 Å². The van der Waals surface area contributed by atoms with Gasteiger partial charge in [0.2, 0.25) is 0 Å². The van der Waals surface area contributed by atoms with Crippen molar-refractivity contribution in [1.29, 1.82) is 0 Å². The van der Waals surface area contributed by atoms with Crippen LogP contribution in [0.1, 0.15) is 48.4 Å². The van der Waals surface area contributed by atoms with Crippen LogP contribution in [0.15, 0.2) is 36.4 Å². The minimum absolute atomic E-state index is 0.122. The van der Waals surface area contributed by atoms with Gasteiger partial charge in [-0.3, -0.25) is 9.69 Å². The molecule has 1 fully saturated rings. The summed E-state index contributed by atoms with van der Waals surface area (Å²) in [5, 5.41) is 3.76. The van der Waals surface area contributed by atoms with Crippen molar-refractivity contribution in [1.82, 2.24) is 10.2 Å². The molecule has 0 saturated carbocycles. The van der Waals surface area contributed by atoms with Crippen LogP contribution in [0.2, 0.25) is 5.02 Å². The molecule has 1 atom stereocenters. The molecule has 0 radical (unpaired) electrons. The molecule has 0 aromatic heterocycles. The van der Waals surface area contributed by atoms with Gasteiger partial charge >= 0.3 is 0 Å². The van der Waals surface area contributed by atoms with E-state index in [0.717, 1.165) is 41.3 Å². The van der Waals surface area contributed by atoms with Gasteiger partial charge in [0.25, 0.3) is 5.91 Å². The van der Waals surface area contributed by atoms with Crippen LogP contribution in [-0.4, -0.2) is 30.0 Å². The standard InChI is InChI=1S/C24H31ClN2O2/c1-17-13-22(14-18(2)23(17)25)29-19(3)24(28)26-15-20-9-5-6-10-21(20)16-27-11-7-4-8-12-27/h5-6,9-10,13-14,19H,4,7-8,11-12,15-16H2,1-3H3,(H,26,28). The van der Waals surface area contributed by atoms with Gasteiger partial charge in [-0.05, 0) is 81.1 Å². The summed E-state index contributed by atoms with van der Waals surface area (Å²) in [5.74, 6) is 0.542. The van der Waals surface area contributed by atoms with Gasteiger partial charge < -0.3 is 10.1 Å². The van der Waals surface area contributed by atoms with Gasteiger partial charge in [0.15, 0.2) is 6.10 Å². The first kappa shape index (κ1) is 21.7. The molecule has 1 saturated heterocycles. The zero-order valence-electron chi connectivity index (χ0n) is 17.6. The zero-order valence-corrected chi connectivity index (χ0v) is 18.4. The Balaban J connectivity index is 1.57. The number of carbonyl (C=O) groups excluding carboxylic acids is 1. The molecule has 1 aliphatic heterocycles. The van der Waals surface area contributed by atoms with E-state index in [9.17, 15) is 4.79 Å². The molecule has 156 valence electrons. The molecule has 2 aromatic rings. The minimum Gasteiger partial charge on any atom is -0.481 e. The van der Waals surface area contributed by atoms with Crippen molar-refractivity contribution in [2.24, 2.45) is 0 Å². The number of hydrogen-bond donors (Lipinski definition) is 1. The van der Waals surface area contributed by atoms with Crippen LogP contribution in [0.25, 0.3) is 0 Å². The lowest BCUT2D eigenvalue weighted by atomic mass is 10.0. The van der Waals surface area contributed by atoms with E-state index in [0.29, 0.717) is 12.3 Å². The first-order valence-corrected chi connectivity index (χ1v) is 10.8. The van der Waals surface area contributed by atoms with E-state index in [2.05, 4.69) is 28.4 Å². The average molecular weight is 415 g/mol. The predicted octanol–water partition coefficient (Wildman–Crippen LogP) is 5.03. The normalized spacial score (nSPS) is 15.7. The minimum atomic E-state index is -0.579. The van der Waals surface area contributed by atoms with Crippen molar-refractivity contribution in [3.05, 3.63) is 63.7 Å². The van der Waals surface area contributed by atoms with Gasteiger partial charge in [0.1, 0.15) is 5.75 Å². The Hall–Kier alpha value is -2.04. The molecule has 0 aliphatic carbocycles. The van der Waals surface area contributed by atoms with Gasteiger partial charge in [-0.25, -0.2) is 0 Å². The van der Waals surface area contributed by atoms with Crippen molar-refractivity contribution in [2.45, 2.75) is 59.2 Å². The van der Waals surface area contributed by atoms with Crippen LogP contribution in [0.4, 0.5) is 0 Å². The smallest absolute Gasteiger partial charge is 0.261 e. The van der Waals surface area contributed by atoms with Crippen LogP contribution in [0.5, 0.6) is 5.75 Å². The summed E-state index contributed by atoms with van der Waals surface area (Å²) in [6.45, 7) is 9.42. The van der Waals surface area contributed by atoms with E-state index in [-0.39, 0.29) is 5.91 Å². The van der Waals surface area contributed by atoms with E-state index in [1.54, 1.807) is 6.92 Å². The van der Waals surface area contributed by atoms with Crippen molar-refractivity contribution in [3.8, 4) is 5.75 Å². The number of nitrogens with zero attached hydrogens (tertiary/aromatic N) is 1. The third-order valence-corrected chi connectivity index (χ3v) is 6.10. The molecule has 1 unspecified atom stereocenters. The Morgan fingerprint density at radius 1 is 1.10 bits per heavy atom.